The summed E-state index contributed by atoms with van der Waals surface area (Å²) >= 11 is 0. The lowest BCUT2D eigenvalue weighted by Gasteiger charge is -2.24. The van der Waals surface area contributed by atoms with E-state index in [4.69, 9.17) is 5.73 Å². The van der Waals surface area contributed by atoms with Crippen LogP contribution in [0.4, 0.5) is 0 Å². The van der Waals surface area contributed by atoms with Crippen molar-refractivity contribution in [1.82, 2.24) is 21.3 Å². The quantitative estimate of drug-likeness (QED) is 0.145. The van der Waals surface area contributed by atoms with Crippen LogP contribution in [0.15, 0.2) is 24.3 Å². The fraction of sp³-hybridized carbons (Fsp3) is 0.500. The summed E-state index contributed by atoms with van der Waals surface area (Å²) in [6, 6.07) is 1.23. The number of aliphatic carboxylic acids is 1. The molecule has 0 saturated carbocycles. The molecule has 4 amide bonds. The van der Waals surface area contributed by atoms with Crippen molar-refractivity contribution in [1.29, 1.82) is 0 Å². The zero-order valence-corrected chi connectivity index (χ0v) is 19.0. The number of benzene rings is 1. The van der Waals surface area contributed by atoms with Crippen molar-refractivity contribution < 1.29 is 39.3 Å². The largest absolute Gasteiger partial charge is 0.508 e. The van der Waals surface area contributed by atoms with Gasteiger partial charge in [0.1, 0.15) is 23.9 Å². The van der Waals surface area contributed by atoms with E-state index >= 15 is 0 Å². The van der Waals surface area contributed by atoms with Crippen LogP contribution in [0.1, 0.15) is 31.2 Å². The number of amides is 4. The first-order valence-corrected chi connectivity index (χ1v) is 11.1. The third-order valence-electron chi connectivity index (χ3n) is 5.50. The molecule has 1 heterocycles. The number of carboxylic acid groups (broad SMARTS) is 1. The number of phenolic OH excluding ortho intramolecular Hbond substituents is 1. The van der Waals surface area contributed by atoms with Gasteiger partial charge in [-0.3, -0.25) is 19.2 Å². The third kappa shape index (κ3) is 8.87. The molecule has 4 atom stereocenters. The van der Waals surface area contributed by atoms with E-state index < -0.39 is 60.4 Å². The lowest BCUT2D eigenvalue weighted by molar-refractivity contribution is -0.142. The van der Waals surface area contributed by atoms with Crippen molar-refractivity contribution in [3.8, 4) is 5.75 Å². The van der Waals surface area contributed by atoms with E-state index in [1.165, 1.54) is 24.3 Å². The molecule has 1 fully saturated rings. The Balaban J connectivity index is 2.15. The molecule has 1 aliphatic rings. The number of rotatable bonds is 13. The molecule has 9 N–H and O–H groups in total. The molecule has 0 radical (unpaired) electrons. The number of nitrogens with two attached hydrogens (primary N) is 1. The van der Waals surface area contributed by atoms with Gasteiger partial charge in [-0.05, 0) is 43.5 Å². The number of hydrogen-bond acceptors (Lipinski definition) is 8. The number of carbonyl (C=O) groups is 5. The maximum Gasteiger partial charge on any atom is 0.326 e. The van der Waals surface area contributed by atoms with Gasteiger partial charge in [-0.25, -0.2) is 4.79 Å². The third-order valence-corrected chi connectivity index (χ3v) is 5.50. The van der Waals surface area contributed by atoms with Gasteiger partial charge >= 0.3 is 5.97 Å². The van der Waals surface area contributed by atoms with E-state index in [9.17, 15) is 39.3 Å². The minimum absolute atomic E-state index is 0.0141. The first-order chi connectivity index (χ1) is 16.6. The number of hydrogen-bond donors (Lipinski definition) is 8. The second-order valence-electron chi connectivity index (χ2n) is 8.23. The van der Waals surface area contributed by atoms with Crippen LogP contribution in [0.5, 0.6) is 5.75 Å². The summed E-state index contributed by atoms with van der Waals surface area (Å²) in [4.78, 5) is 60.6. The monoisotopic (exact) mass is 493 g/mol. The normalized spacial score (nSPS) is 17.6. The van der Waals surface area contributed by atoms with Gasteiger partial charge in [0.15, 0.2) is 0 Å². The Hall–Kier alpha value is -3.71. The molecule has 0 aliphatic carbocycles. The Morgan fingerprint density at radius 2 is 1.63 bits per heavy atom. The van der Waals surface area contributed by atoms with E-state index in [0.29, 0.717) is 18.5 Å². The van der Waals surface area contributed by atoms with Gasteiger partial charge in [0.05, 0.1) is 12.6 Å². The van der Waals surface area contributed by atoms with Crippen molar-refractivity contribution in [3.05, 3.63) is 29.8 Å². The number of carboxylic acids is 1. The first kappa shape index (κ1) is 27.5. The fourth-order valence-electron chi connectivity index (χ4n) is 3.54. The zero-order valence-electron chi connectivity index (χ0n) is 19.0. The highest BCUT2D eigenvalue weighted by Crippen LogP contribution is 2.12. The lowest BCUT2D eigenvalue weighted by Crippen LogP contribution is -2.58. The van der Waals surface area contributed by atoms with Gasteiger partial charge in [-0.1, -0.05) is 12.1 Å². The van der Waals surface area contributed by atoms with Gasteiger partial charge in [0, 0.05) is 12.8 Å². The van der Waals surface area contributed by atoms with Crippen LogP contribution in [0.25, 0.3) is 0 Å². The maximum atomic E-state index is 12.9. The molecule has 0 spiro atoms. The lowest BCUT2D eigenvalue weighted by atomic mass is 10.0. The van der Waals surface area contributed by atoms with Gasteiger partial charge in [0.25, 0.3) is 0 Å². The predicted octanol–water partition coefficient (Wildman–Crippen LogP) is -2.52. The summed E-state index contributed by atoms with van der Waals surface area (Å²) in [6.45, 7) is -0.0718. The minimum atomic E-state index is -1.43. The van der Waals surface area contributed by atoms with Crippen LogP contribution in [0, 0.1) is 0 Å². The molecular formula is C22H31N5O8. The molecule has 4 unspecified atom stereocenters. The maximum absolute atomic E-state index is 12.9. The number of phenols is 1. The van der Waals surface area contributed by atoms with Crippen LogP contribution in [0.2, 0.25) is 0 Å². The predicted molar refractivity (Wildman–Crippen MR) is 122 cm³/mol. The van der Waals surface area contributed by atoms with Crippen LogP contribution < -0.4 is 27.0 Å². The number of primary amides is 1. The first-order valence-electron chi connectivity index (χ1n) is 11.1. The molecule has 13 heteroatoms. The van der Waals surface area contributed by atoms with Crippen molar-refractivity contribution in [3.63, 3.8) is 0 Å². The van der Waals surface area contributed by atoms with Crippen LogP contribution in [-0.4, -0.2) is 82.2 Å². The number of carbonyl (C=O) groups excluding carboxylic acids is 4. The summed E-state index contributed by atoms with van der Waals surface area (Å²) in [6.07, 6.45) is 0.763. The second-order valence-corrected chi connectivity index (χ2v) is 8.23. The molecule has 13 nitrogen and oxygen atoms in total. The Morgan fingerprint density at radius 3 is 2.17 bits per heavy atom. The summed E-state index contributed by atoms with van der Waals surface area (Å²) in [5.74, 6) is -4.31. The van der Waals surface area contributed by atoms with Crippen molar-refractivity contribution in [2.75, 3.05) is 13.2 Å². The molecule has 192 valence electrons. The van der Waals surface area contributed by atoms with Crippen LogP contribution in [-0.2, 0) is 30.4 Å². The number of aliphatic hydroxyl groups is 1. The van der Waals surface area contributed by atoms with Gasteiger partial charge in [-0.15, -0.1) is 0 Å². The SMILES string of the molecule is NC(=O)CCC(NC(=O)C(Cc1ccc(O)cc1)NC(=O)C(CO)NC(=O)C1CCCN1)C(=O)O. The Morgan fingerprint density at radius 1 is 1.00 bits per heavy atom. The molecule has 2 rings (SSSR count). The van der Waals surface area contributed by atoms with Crippen LogP contribution >= 0.6 is 0 Å². The average Bonchev–Trinajstić information content (AvgIpc) is 3.35. The molecule has 1 saturated heterocycles. The van der Waals surface area contributed by atoms with E-state index in [0.717, 1.165) is 6.42 Å². The number of nitrogens with one attached hydrogen (secondary N) is 4. The Labute approximate surface area is 201 Å². The van der Waals surface area contributed by atoms with Crippen LogP contribution in [0.3, 0.4) is 0 Å². The number of aromatic hydroxyl groups is 1. The van der Waals surface area contributed by atoms with Crippen molar-refractivity contribution in [2.24, 2.45) is 5.73 Å². The summed E-state index contributed by atoms with van der Waals surface area (Å²) < 4.78 is 0. The standard InChI is InChI=1S/C22H31N5O8/c23-18(30)8-7-15(22(34)35)25-20(32)16(10-12-3-5-13(29)6-4-12)26-21(33)17(11-28)27-19(31)14-2-1-9-24-14/h3-6,14-17,24,28-29H,1-2,7-11H2,(H2,23,30)(H,25,32)(H,26,33)(H,27,31)(H,34,35). The van der Waals surface area contributed by atoms with Crippen molar-refractivity contribution in [2.45, 2.75) is 56.3 Å². The highest BCUT2D eigenvalue weighted by atomic mass is 16.4. The van der Waals surface area contributed by atoms with Crippen molar-refractivity contribution >= 4 is 29.6 Å². The molecule has 0 aromatic heterocycles. The van der Waals surface area contributed by atoms with E-state index in [-0.39, 0.29) is 25.0 Å². The van der Waals surface area contributed by atoms with Gasteiger partial charge in [0.2, 0.25) is 23.6 Å². The van der Waals surface area contributed by atoms with E-state index in [1.807, 2.05) is 0 Å². The molecular weight excluding hydrogens is 462 g/mol. The van der Waals surface area contributed by atoms with Gasteiger partial charge < -0.3 is 42.3 Å². The minimum Gasteiger partial charge on any atom is -0.508 e. The van der Waals surface area contributed by atoms with Gasteiger partial charge in [-0.2, -0.15) is 0 Å². The smallest absolute Gasteiger partial charge is 0.326 e. The Kier molecular flexibility index (Phi) is 10.4. The summed E-state index contributed by atoms with van der Waals surface area (Å²) in [5, 5.41) is 38.7. The topological polar surface area (TPSA) is 220 Å². The second kappa shape index (κ2) is 13.2. The van der Waals surface area contributed by atoms with E-state index in [1.54, 1.807) is 0 Å². The summed E-state index contributed by atoms with van der Waals surface area (Å²) in [7, 11) is 0. The fourth-order valence-corrected chi connectivity index (χ4v) is 3.54. The molecule has 0 bridgehead atoms. The molecule has 1 aromatic rings. The summed E-state index contributed by atoms with van der Waals surface area (Å²) in [5.41, 5.74) is 5.59. The van der Waals surface area contributed by atoms with E-state index in [2.05, 4.69) is 21.3 Å². The highest BCUT2D eigenvalue weighted by molar-refractivity contribution is 5.94. The Bertz CT molecular complexity index is 917. The molecule has 1 aliphatic heterocycles. The number of aliphatic hydroxyl groups excluding tert-OH is 1. The zero-order chi connectivity index (χ0) is 26.0. The molecule has 1 aromatic carbocycles. The highest BCUT2D eigenvalue weighted by Gasteiger charge is 2.31. The average molecular weight is 494 g/mol. The molecule has 35 heavy (non-hydrogen) atoms.